The van der Waals surface area contributed by atoms with Crippen molar-refractivity contribution in [1.29, 1.82) is 0 Å². The highest BCUT2D eigenvalue weighted by atomic mass is 16.2. The van der Waals surface area contributed by atoms with E-state index in [-0.39, 0.29) is 12.0 Å². The second-order valence-electron chi connectivity index (χ2n) is 5.72. The third kappa shape index (κ3) is 2.86. The van der Waals surface area contributed by atoms with Gasteiger partial charge in [-0.15, -0.1) is 0 Å². The molecule has 1 saturated carbocycles. The Labute approximate surface area is 110 Å². The van der Waals surface area contributed by atoms with E-state index in [0.29, 0.717) is 11.9 Å². The predicted molar refractivity (Wildman–Crippen MR) is 73.2 cm³/mol. The summed E-state index contributed by atoms with van der Waals surface area (Å²) in [4.78, 5) is 16.9. The van der Waals surface area contributed by atoms with Gasteiger partial charge in [0.1, 0.15) is 0 Å². The average Bonchev–Trinajstić information content (AvgIpc) is 2.99. The maximum Gasteiger partial charge on any atom is 0.225 e. The molecule has 0 bridgehead atoms. The standard InChI is InChI=1S/C14H27N3O/c1-3-16(4-2)13-7-8-17(10-13)14(18)11-5-6-12(15)9-11/h11-13H,3-10,15H2,1-2H3. The lowest BCUT2D eigenvalue weighted by Crippen LogP contribution is -2.40. The average molecular weight is 253 g/mol. The molecule has 2 N–H and O–H groups in total. The summed E-state index contributed by atoms with van der Waals surface area (Å²) >= 11 is 0. The van der Waals surface area contributed by atoms with Gasteiger partial charge in [0.2, 0.25) is 5.91 Å². The molecule has 18 heavy (non-hydrogen) atoms. The van der Waals surface area contributed by atoms with Crippen LogP contribution < -0.4 is 5.73 Å². The van der Waals surface area contributed by atoms with Crippen molar-refractivity contribution in [2.24, 2.45) is 11.7 Å². The summed E-state index contributed by atoms with van der Waals surface area (Å²) in [6.07, 6.45) is 4.04. The minimum atomic E-state index is 0.204. The third-order valence-electron chi connectivity index (χ3n) is 4.63. The molecule has 0 aromatic heterocycles. The first-order valence-electron chi connectivity index (χ1n) is 7.44. The molecule has 2 fully saturated rings. The first-order chi connectivity index (χ1) is 8.65. The smallest absolute Gasteiger partial charge is 0.225 e. The van der Waals surface area contributed by atoms with E-state index in [1.807, 2.05) is 0 Å². The Morgan fingerprint density at radius 2 is 2.00 bits per heavy atom. The largest absolute Gasteiger partial charge is 0.341 e. The molecule has 1 aliphatic carbocycles. The Kier molecular flexibility index (Phi) is 4.62. The van der Waals surface area contributed by atoms with Gasteiger partial charge in [0.05, 0.1) is 0 Å². The number of likely N-dealkylation sites (N-methyl/N-ethyl adjacent to an activating group) is 1. The van der Waals surface area contributed by atoms with Gasteiger partial charge in [-0.1, -0.05) is 13.8 Å². The van der Waals surface area contributed by atoms with E-state index < -0.39 is 0 Å². The van der Waals surface area contributed by atoms with Crippen LogP contribution in [0.3, 0.4) is 0 Å². The van der Waals surface area contributed by atoms with Crippen molar-refractivity contribution in [2.75, 3.05) is 26.2 Å². The van der Waals surface area contributed by atoms with Crippen LogP contribution in [0.4, 0.5) is 0 Å². The summed E-state index contributed by atoms with van der Waals surface area (Å²) in [5.74, 6) is 0.563. The van der Waals surface area contributed by atoms with Crippen molar-refractivity contribution in [1.82, 2.24) is 9.80 Å². The monoisotopic (exact) mass is 253 g/mol. The third-order valence-corrected chi connectivity index (χ3v) is 4.63. The predicted octanol–water partition coefficient (Wildman–Crippen LogP) is 1.06. The lowest BCUT2D eigenvalue weighted by molar-refractivity contribution is -0.134. The molecule has 0 radical (unpaired) electrons. The molecule has 4 heteroatoms. The number of rotatable bonds is 4. The molecular formula is C14H27N3O. The fourth-order valence-corrected chi connectivity index (χ4v) is 3.48. The first-order valence-corrected chi connectivity index (χ1v) is 7.44. The highest BCUT2D eigenvalue weighted by Gasteiger charge is 2.35. The SMILES string of the molecule is CCN(CC)C1CCN(C(=O)C2CCC(N)C2)C1. The number of hydrogen-bond donors (Lipinski definition) is 1. The lowest BCUT2D eigenvalue weighted by atomic mass is 10.1. The van der Waals surface area contributed by atoms with Gasteiger partial charge >= 0.3 is 0 Å². The Balaban J connectivity index is 1.86. The van der Waals surface area contributed by atoms with E-state index in [1.54, 1.807) is 0 Å². The zero-order valence-corrected chi connectivity index (χ0v) is 11.8. The van der Waals surface area contributed by atoms with E-state index in [4.69, 9.17) is 5.73 Å². The van der Waals surface area contributed by atoms with Gasteiger partial charge in [-0.25, -0.2) is 0 Å². The molecule has 0 aromatic carbocycles. The second-order valence-corrected chi connectivity index (χ2v) is 5.72. The summed E-state index contributed by atoms with van der Waals surface area (Å²) in [6.45, 7) is 8.42. The number of likely N-dealkylation sites (tertiary alicyclic amines) is 1. The van der Waals surface area contributed by atoms with Crippen LogP contribution in [0.15, 0.2) is 0 Å². The van der Waals surface area contributed by atoms with Gasteiger partial charge in [-0.05, 0) is 38.8 Å². The zero-order chi connectivity index (χ0) is 13.1. The van der Waals surface area contributed by atoms with Gasteiger partial charge < -0.3 is 10.6 Å². The maximum atomic E-state index is 12.4. The molecule has 1 saturated heterocycles. The number of nitrogens with zero attached hydrogens (tertiary/aromatic N) is 2. The van der Waals surface area contributed by atoms with Crippen molar-refractivity contribution in [3.8, 4) is 0 Å². The molecular weight excluding hydrogens is 226 g/mol. The number of carbonyl (C=O) groups excluding carboxylic acids is 1. The summed E-state index contributed by atoms with van der Waals surface area (Å²) in [6, 6.07) is 0.819. The maximum absolute atomic E-state index is 12.4. The van der Waals surface area contributed by atoms with Crippen LogP contribution in [-0.2, 0) is 4.79 Å². The van der Waals surface area contributed by atoms with E-state index in [9.17, 15) is 4.79 Å². The van der Waals surface area contributed by atoms with Crippen LogP contribution in [0.2, 0.25) is 0 Å². The Morgan fingerprint density at radius 3 is 2.56 bits per heavy atom. The molecule has 1 amide bonds. The molecule has 3 unspecified atom stereocenters. The minimum Gasteiger partial charge on any atom is -0.341 e. The van der Waals surface area contributed by atoms with Crippen molar-refractivity contribution >= 4 is 5.91 Å². The van der Waals surface area contributed by atoms with Gasteiger partial charge in [-0.3, -0.25) is 9.69 Å². The van der Waals surface area contributed by atoms with Gasteiger partial charge in [0.15, 0.2) is 0 Å². The van der Waals surface area contributed by atoms with Gasteiger partial charge in [0.25, 0.3) is 0 Å². The number of hydrogen-bond acceptors (Lipinski definition) is 3. The summed E-state index contributed by atoms with van der Waals surface area (Å²) in [5.41, 5.74) is 5.90. The van der Waals surface area contributed by atoms with Crippen LogP contribution in [0, 0.1) is 5.92 Å². The fourth-order valence-electron chi connectivity index (χ4n) is 3.48. The molecule has 2 rings (SSSR count). The quantitative estimate of drug-likeness (QED) is 0.815. The molecule has 1 aliphatic heterocycles. The van der Waals surface area contributed by atoms with Crippen LogP contribution in [-0.4, -0.2) is 54.0 Å². The van der Waals surface area contributed by atoms with Crippen molar-refractivity contribution in [3.63, 3.8) is 0 Å². The van der Waals surface area contributed by atoms with Crippen LogP contribution in [0.25, 0.3) is 0 Å². The van der Waals surface area contributed by atoms with Crippen LogP contribution >= 0.6 is 0 Å². The minimum absolute atomic E-state index is 0.204. The molecule has 0 spiro atoms. The van der Waals surface area contributed by atoms with Crippen molar-refractivity contribution in [3.05, 3.63) is 0 Å². The number of carbonyl (C=O) groups is 1. The van der Waals surface area contributed by atoms with E-state index in [0.717, 1.165) is 51.9 Å². The summed E-state index contributed by atoms with van der Waals surface area (Å²) < 4.78 is 0. The van der Waals surface area contributed by atoms with E-state index >= 15 is 0 Å². The first kappa shape index (κ1) is 13.8. The van der Waals surface area contributed by atoms with Gasteiger partial charge in [0, 0.05) is 31.1 Å². The van der Waals surface area contributed by atoms with Crippen LogP contribution in [0.1, 0.15) is 39.5 Å². The lowest BCUT2D eigenvalue weighted by Gasteiger charge is -2.26. The Bertz CT molecular complexity index is 291. The molecule has 4 nitrogen and oxygen atoms in total. The van der Waals surface area contributed by atoms with Crippen molar-refractivity contribution in [2.45, 2.75) is 51.6 Å². The van der Waals surface area contributed by atoms with Crippen LogP contribution in [0.5, 0.6) is 0 Å². The van der Waals surface area contributed by atoms with Crippen molar-refractivity contribution < 1.29 is 4.79 Å². The summed E-state index contributed by atoms with van der Waals surface area (Å²) in [5, 5.41) is 0. The highest BCUT2D eigenvalue weighted by Crippen LogP contribution is 2.28. The van der Waals surface area contributed by atoms with E-state index in [1.165, 1.54) is 0 Å². The molecule has 1 heterocycles. The zero-order valence-electron chi connectivity index (χ0n) is 11.8. The Morgan fingerprint density at radius 1 is 1.28 bits per heavy atom. The fraction of sp³-hybridized carbons (Fsp3) is 0.929. The van der Waals surface area contributed by atoms with Gasteiger partial charge in [-0.2, -0.15) is 0 Å². The molecule has 2 aliphatic rings. The molecule has 0 aromatic rings. The highest BCUT2D eigenvalue weighted by molar-refractivity contribution is 5.79. The second kappa shape index (κ2) is 6.02. The number of nitrogens with two attached hydrogens (primary N) is 1. The number of amides is 1. The van der Waals surface area contributed by atoms with E-state index in [2.05, 4.69) is 23.6 Å². The topological polar surface area (TPSA) is 49.6 Å². The summed E-state index contributed by atoms with van der Waals surface area (Å²) in [7, 11) is 0. The Hall–Kier alpha value is -0.610. The molecule has 3 atom stereocenters. The molecule has 104 valence electrons. The normalized spacial score (nSPS) is 32.4.